The molecule has 1 N–H and O–H groups in total. The van der Waals surface area contributed by atoms with Gasteiger partial charge in [0.25, 0.3) is 10.0 Å². The van der Waals surface area contributed by atoms with Crippen LogP contribution >= 0.6 is 11.3 Å². The van der Waals surface area contributed by atoms with E-state index in [2.05, 4.69) is 16.9 Å². The minimum absolute atomic E-state index is 0.118. The lowest BCUT2D eigenvalue weighted by Crippen LogP contribution is -2.35. The van der Waals surface area contributed by atoms with Crippen LogP contribution in [-0.2, 0) is 14.8 Å². The number of amides is 1. The Balaban J connectivity index is 1.45. The largest absolute Gasteiger partial charge is 0.350 e. The quantitative estimate of drug-likeness (QED) is 0.778. The third-order valence-corrected chi connectivity index (χ3v) is 8.75. The summed E-state index contributed by atoms with van der Waals surface area (Å²) in [5.41, 5.74) is 0.781. The van der Waals surface area contributed by atoms with Gasteiger partial charge in [-0.05, 0) is 55.0 Å². The molecule has 0 spiro atoms. The molecule has 2 aromatic rings. The van der Waals surface area contributed by atoms with Crippen LogP contribution in [0.5, 0.6) is 0 Å². The van der Waals surface area contributed by atoms with Crippen molar-refractivity contribution in [2.24, 2.45) is 11.8 Å². The molecule has 1 amide bonds. The van der Waals surface area contributed by atoms with Crippen LogP contribution in [-0.4, -0.2) is 42.7 Å². The summed E-state index contributed by atoms with van der Waals surface area (Å²) < 4.78 is 28.1. The fourth-order valence-corrected chi connectivity index (χ4v) is 7.05. The maximum atomic E-state index is 13.0. The Morgan fingerprint density at radius 1 is 1.22 bits per heavy atom. The van der Waals surface area contributed by atoms with Crippen LogP contribution in [0.3, 0.4) is 0 Å². The lowest BCUT2D eigenvalue weighted by atomic mass is 10.0. The molecule has 2 atom stereocenters. The minimum atomic E-state index is -3.49. The second-order valence-electron chi connectivity index (χ2n) is 7.06. The number of carbonyl (C=O) groups is 1. The SMILES string of the molecule is C=CC(=O)NC1CC2CN(S(=O)(=O)c3ccc(-c4ccccn4)s3)CC2C1. The number of nitrogens with one attached hydrogen (secondary N) is 1. The molecule has 2 aromatic heterocycles. The molecule has 1 saturated carbocycles. The van der Waals surface area contributed by atoms with Crippen LogP contribution in [0.25, 0.3) is 10.6 Å². The summed E-state index contributed by atoms with van der Waals surface area (Å²) in [6.45, 7) is 4.51. The average molecular weight is 404 g/mol. The van der Waals surface area contributed by atoms with E-state index in [0.717, 1.165) is 23.4 Å². The maximum absolute atomic E-state index is 13.0. The van der Waals surface area contributed by atoms with Gasteiger partial charge in [0.2, 0.25) is 5.91 Å². The number of pyridine rings is 1. The van der Waals surface area contributed by atoms with Gasteiger partial charge in [0.1, 0.15) is 4.21 Å². The van der Waals surface area contributed by atoms with Gasteiger partial charge in [-0.2, -0.15) is 4.31 Å². The predicted octanol–water partition coefficient (Wildman–Crippen LogP) is 2.51. The number of sulfonamides is 1. The van der Waals surface area contributed by atoms with Crippen molar-refractivity contribution < 1.29 is 13.2 Å². The van der Waals surface area contributed by atoms with E-state index in [1.807, 2.05) is 24.3 Å². The van der Waals surface area contributed by atoms with Gasteiger partial charge in [-0.1, -0.05) is 12.6 Å². The van der Waals surface area contributed by atoms with Crippen molar-refractivity contribution in [3.05, 3.63) is 49.2 Å². The van der Waals surface area contributed by atoms with Crippen LogP contribution in [0.2, 0.25) is 0 Å². The van der Waals surface area contributed by atoms with E-state index in [0.29, 0.717) is 29.1 Å². The molecule has 4 rings (SSSR count). The van der Waals surface area contributed by atoms with E-state index in [1.54, 1.807) is 16.6 Å². The van der Waals surface area contributed by atoms with Crippen LogP contribution in [0.1, 0.15) is 12.8 Å². The highest BCUT2D eigenvalue weighted by atomic mass is 32.2. The molecule has 1 aliphatic heterocycles. The van der Waals surface area contributed by atoms with Crippen LogP contribution in [0.4, 0.5) is 0 Å². The number of nitrogens with zero attached hydrogens (tertiary/aromatic N) is 2. The van der Waals surface area contributed by atoms with Crippen LogP contribution < -0.4 is 5.32 Å². The third kappa shape index (κ3) is 3.56. The smallest absolute Gasteiger partial charge is 0.252 e. The second kappa shape index (κ2) is 7.18. The Morgan fingerprint density at radius 2 is 1.96 bits per heavy atom. The summed E-state index contributed by atoms with van der Waals surface area (Å²) in [6, 6.07) is 9.21. The first-order valence-corrected chi connectivity index (χ1v) is 11.2. The number of fused-ring (bicyclic) bond motifs is 1. The van der Waals surface area contributed by atoms with Crippen molar-refractivity contribution >= 4 is 27.3 Å². The van der Waals surface area contributed by atoms with Crippen LogP contribution in [0, 0.1) is 11.8 Å². The first kappa shape index (κ1) is 18.3. The summed E-state index contributed by atoms with van der Waals surface area (Å²) in [4.78, 5) is 16.6. The number of carbonyl (C=O) groups excluding carboxylic acids is 1. The topological polar surface area (TPSA) is 79.4 Å². The standard InChI is InChI=1S/C19H21N3O3S2/c1-2-18(23)21-15-9-13-11-22(12-14(13)10-15)27(24,25)19-7-6-17(26-19)16-5-3-4-8-20-16/h2-8,13-15H,1,9-12H2,(H,21,23). The summed E-state index contributed by atoms with van der Waals surface area (Å²) >= 11 is 1.26. The summed E-state index contributed by atoms with van der Waals surface area (Å²) in [7, 11) is -3.49. The highest BCUT2D eigenvalue weighted by Gasteiger charge is 2.45. The maximum Gasteiger partial charge on any atom is 0.252 e. The molecular formula is C19H21N3O3S2. The Labute approximate surface area is 163 Å². The molecule has 1 aliphatic carbocycles. The number of hydrogen-bond acceptors (Lipinski definition) is 5. The van der Waals surface area contributed by atoms with Crippen molar-refractivity contribution in [1.82, 2.24) is 14.6 Å². The normalized spacial score (nSPS) is 25.3. The molecule has 2 unspecified atom stereocenters. The zero-order valence-corrected chi connectivity index (χ0v) is 16.4. The van der Waals surface area contributed by atoms with E-state index in [4.69, 9.17) is 0 Å². The molecular weight excluding hydrogens is 382 g/mol. The van der Waals surface area contributed by atoms with Gasteiger partial charge in [-0.3, -0.25) is 9.78 Å². The Morgan fingerprint density at radius 3 is 2.59 bits per heavy atom. The van der Waals surface area contributed by atoms with Gasteiger partial charge in [-0.15, -0.1) is 11.3 Å². The fourth-order valence-electron chi connectivity index (χ4n) is 4.06. The molecule has 0 radical (unpaired) electrons. The van der Waals surface area contributed by atoms with Crippen molar-refractivity contribution in [3.8, 4) is 10.6 Å². The molecule has 142 valence electrons. The van der Waals surface area contributed by atoms with Crippen molar-refractivity contribution in [1.29, 1.82) is 0 Å². The zero-order valence-electron chi connectivity index (χ0n) is 14.7. The van der Waals surface area contributed by atoms with E-state index in [1.165, 1.54) is 17.4 Å². The molecule has 1 saturated heterocycles. The number of thiophene rings is 1. The van der Waals surface area contributed by atoms with E-state index >= 15 is 0 Å². The second-order valence-corrected chi connectivity index (χ2v) is 10.3. The minimum Gasteiger partial charge on any atom is -0.350 e. The third-order valence-electron chi connectivity index (χ3n) is 5.34. The van der Waals surface area contributed by atoms with E-state index < -0.39 is 10.0 Å². The van der Waals surface area contributed by atoms with Crippen molar-refractivity contribution in [2.75, 3.05) is 13.1 Å². The van der Waals surface area contributed by atoms with Crippen molar-refractivity contribution in [2.45, 2.75) is 23.1 Å². The zero-order chi connectivity index (χ0) is 19.0. The van der Waals surface area contributed by atoms with Crippen LogP contribution in [0.15, 0.2) is 53.4 Å². The van der Waals surface area contributed by atoms with Gasteiger partial charge in [-0.25, -0.2) is 8.42 Å². The average Bonchev–Trinajstić information content (AvgIpc) is 3.37. The Kier molecular flexibility index (Phi) is 4.88. The molecule has 27 heavy (non-hydrogen) atoms. The lowest BCUT2D eigenvalue weighted by molar-refractivity contribution is -0.117. The summed E-state index contributed by atoms with van der Waals surface area (Å²) in [5, 5.41) is 2.93. The summed E-state index contributed by atoms with van der Waals surface area (Å²) in [5.74, 6) is 0.431. The lowest BCUT2D eigenvalue weighted by Gasteiger charge is -2.18. The van der Waals surface area contributed by atoms with Gasteiger partial charge < -0.3 is 5.32 Å². The molecule has 0 aromatic carbocycles. The first-order chi connectivity index (χ1) is 13.0. The fraction of sp³-hybridized carbons (Fsp3) is 0.368. The highest BCUT2D eigenvalue weighted by Crippen LogP contribution is 2.41. The molecule has 8 heteroatoms. The molecule has 3 heterocycles. The Hall–Kier alpha value is -2.03. The van der Waals surface area contributed by atoms with Gasteiger partial charge >= 0.3 is 0 Å². The first-order valence-electron chi connectivity index (χ1n) is 8.91. The van der Waals surface area contributed by atoms with Gasteiger partial charge in [0.15, 0.2) is 0 Å². The molecule has 0 bridgehead atoms. The molecule has 2 aliphatic rings. The number of rotatable bonds is 5. The number of aromatic nitrogens is 1. The van der Waals surface area contributed by atoms with Crippen molar-refractivity contribution in [3.63, 3.8) is 0 Å². The monoisotopic (exact) mass is 403 g/mol. The van der Waals surface area contributed by atoms with E-state index in [9.17, 15) is 13.2 Å². The molecule has 2 fully saturated rings. The predicted molar refractivity (Wildman–Crippen MR) is 105 cm³/mol. The highest BCUT2D eigenvalue weighted by molar-refractivity contribution is 7.91. The van der Waals surface area contributed by atoms with E-state index in [-0.39, 0.29) is 11.9 Å². The summed E-state index contributed by atoms with van der Waals surface area (Å²) in [6.07, 6.45) is 4.62. The number of hydrogen-bond donors (Lipinski definition) is 1. The molecule has 6 nitrogen and oxygen atoms in total. The van der Waals surface area contributed by atoms with Gasteiger partial charge in [0, 0.05) is 25.3 Å². The van der Waals surface area contributed by atoms with Gasteiger partial charge in [0.05, 0.1) is 10.6 Å². The Bertz CT molecular complexity index is 942.